The lowest BCUT2D eigenvalue weighted by atomic mass is 10.0. The zero-order chi connectivity index (χ0) is 23.4. The summed E-state index contributed by atoms with van der Waals surface area (Å²) in [4.78, 5) is 26.0. The van der Waals surface area contributed by atoms with Gasteiger partial charge in [-0.25, -0.2) is 0 Å². The van der Waals surface area contributed by atoms with Crippen LogP contribution in [0.1, 0.15) is 48.5 Å². The van der Waals surface area contributed by atoms with Crippen LogP contribution in [-0.4, -0.2) is 32.1 Å². The van der Waals surface area contributed by atoms with E-state index < -0.39 is 6.04 Å². The van der Waals surface area contributed by atoms with Crippen molar-refractivity contribution >= 4 is 22.8 Å². The molecule has 7 nitrogen and oxygen atoms in total. The van der Waals surface area contributed by atoms with Crippen molar-refractivity contribution in [3.8, 4) is 11.5 Å². The summed E-state index contributed by atoms with van der Waals surface area (Å²) < 4.78 is 16.4. The number of para-hydroxylation sites is 1. The Bertz CT molecular complexity index is 1100. The lowest BCUT2D eigenvalue weighted by Crippen LogP contribution is -2.50. The first-order valence-corrected chi connectivity index (χ1v) is 10.6. The summed E-state index contributed by atoms with van der Waals surface area (Å²) in [5.41, 5.74) is 2.12. The second-order valence-electron chi connectivity index (χ2n) is 8.11. The van der Waals surface area contributed by atoms with Gasteiger partial charge in [-0.1, -0.05) is 32.0 Å². The van der Waals surface area contributed by atoms with Crippen LogP contribution in [0, 0.1) is 12.8 Å². The molecule has 1 aromatic heterocycles. The number of nitrogens with one attached hydrogen (secondary N) is 2. The molecule has 2 unspecified atom stereocenters. The second-order valence-corrected chi connectivity index (χ2v) is 8.11. The molecule has 0 aliphatic rings. The number of amides is 2. The number of fused-ring (bicyclic) bond motifs is 1. The van der Waals surface area contributed by atoms with Crippen LogP contribution in [0.25, 0.3) is 11.0 Å². The van der Waals surface area contributed by atoms with Crippen LogP contribution in [0.3, 0.4) is 0 Å². The number of ether oxygens (including phenoxy) is 2. The molecule has 2 aromatic carbocycles. The van der Waals surface area contributed by atoms with Crippen LogP contribution < -0.4 is 20.1 Å². The van der Waals surface area contributed by atoms with Gasteiger partial charge in [-0.05, 0) is 38.0 Å². The van der Waals surface area contributed by atoms with Crippen LogP contribution in [0.15, 0.2) is 46.9 Å². The van der Waals surface area contributed by atoms with Crippen LogP contribution in [0.5, 0.6) is 11.5 Å². The minimum Gasteiger partial charge on any atom is -0.497 e. The summed E-state index contributed by atoms with van der Waals surface area (Å²) in [6, 6.07) is 11.6. The maximum atomic E-state index is 13.1. The Morgan fingerprint density at radius 1 is 0.938 bits per heavy atom. The molecule has 0 saturated carbocycles. The van der Waals surface area contributed by atoms with E-state index >= 15 is 0 Å². The zero-order valence-corrected chi connectivity index (χ0v) is 19.3. The highest BCUT2D eigenvalue weighted by Crippen LogP contribution is 2.29. The van der Waals surface area contributed by atoms with E-state index in [0.717, 1.165) is 16.5 Å². The predicted octanol–water partition coefficient (Wildman–Crippen LogP) is 4.39. The van der Waals surface area contributed by atoms with E-state index in [4.69, 9.17) is 13.9 Å². The van der Waals surface area contributed by atoms with Crippen molar-refractivity contribution in [1.29, 1.82) is 0 Å². The van der Waals surface area contributed by atoms with E-state index in [-0.39, 0.29) is 23.8 Å². The van der Waals surface area contributed by atoms with Gasteiger partial charge in [0.05, 0.1) is 20.3 Å². The molecule has 1 heterocycles. The fourth-order valence-electron chi connectivity index (χ4n) is 3.67. The highest BCUT2D eigenvalue weighted by atomic mass is 16.5. The lowest BCUT2D eigenvalue weighted by Gasteiger charge is -2.24. The third kappa shape index (κ3) is 4.88. The van der Waals surface area contributed by atoms with E-state index in [2.05, 4.69) is 10.6 Å². The lowest BCUT2D eigenvalue weighted by molar-refractivity contribution is -0.124. The molecular weight excluding hydrogens is 408 g/mol. The molecule has 0 radical (unpaired) electrons. The first kappa shape index (κ1) is 23.2. The average molecular weight is 439 g/mol. The Morgan fingerprint density at radius 2 is 1.56 bits per heavy atom. The Labute approximate surface area is 188 Å². The summed E-state index contributed by atoms with van der Waals surface area (Å²) in [5.74, 6) is 0.892. The molecule has 3 rings (SSSR count). The van der Waals surface area contributed by atoms with E-state index in [9.17, 15) is 9.59 Å². The molecule has 2 atom stereocenters. The molecule has 0 saturated heterocycles. The molecule has 0 spiro atoms. The maximum Gasteiger partial charge on any atom is 0.252 e. The largest absolute Gasteiger partial charge is 0.497 e. The van der Waals surface area contributed by atoms with Gasteiger partial charge in [-0.3, -0.25) is 9.59 Å². The normalized spacial score (nSPS) is 13.0. The standard InChI is InChI=1S/C25H30N2O5/c1-14(2)22(27-24(28)17-11-18(30-5)13-19(12-17)31-6)25(29)26-16(4)23-15(3)20-9-7-8-10-21(20)32-23/h7-14,16,22H,1-6H3,(H,26,29)(H,27,28). The first-order chi connectivity index (χ1) is 15.2. The summed E-state index contributed by atoms with van der Waals surface area (Å²) in [6.07, 6.45) is 0. The van der Waals surface area contributed by atoms with Gasteiger partial charge in [0.2, 0.25) is 5.91 Å². The molecule has 170 valence electrons. The van der Waals surface area contributed by atoms with Gasteiger partial charge in [-0.2, -0.15) is 0 Å². The molecule has 7 heteroatoms. The molecule has 2 N–H and O–H groups in total. The topological polar surface area (TPSA) is 89.8 Å². The monoisotopic (exact) mass is 438 g/mol. The SMILES string of the molecule is COc1cc(OC)cc(C(=O)NC(C(=O)NC(C)c2oc3ccccc3c2C)C(C)C)c1. The molecule has 0 aliphatic carbocycles. The number of carbonyl (C=O) groups is 2. The van der Waals surface area contributed by atoms with Crippen LogP contribution in [0.4, 0.5) is 0 Å². The van der Waals surface area contributed by atoms with Gasteiger partial charge in [0.1, 0.15) is 28.9 Å². The predicted molar refractivity (Wildman–Crippen MR) is 123 cm³/mol. The van der Waals surface area contributed by atoms with Gasteiger partial charge in [-0.15, -0.1) is 0 Å². The smallest absolute Gasteiger partial charge is 0.252 e. The van der Waals surface area contributed by atoms with Crippen LogP contribution in [0.2, 0.25) is 0 Å². The fourth-order valence-corrected chi connectivity index (χ4v) is 3.67. The van der Waals surface area contributed by atoms with Gasteiger partial charge in [0, 0.05) is 22.6 Å². The van der Waals surface area contributed by atoms with E-state index in [1.54, 1.807) is 18.2 Å². The first-order valence-electron chi connectivity index (χ1n) is 10.6. The third-order valence-corrected chi connectivity index (χ3v) is 5.48. The molecular formula is C25H30N2O5. The molecule has 0 aliphatic heterocycles. The molecule has 2 amide bonds. The number of carbonyl (C=O) groups excluding carboxylic acids is 2. The Morgan fingerprint density at radius 3 is 2.12 bits per heavy atom. The number of methoxy groups -OCH3 is 2. The molecule has 0 bridgehead atoms. The number of benzene rings is 2. The van der Waals surface area contributed by atoms with E-state index in [1.165, 1.54) is 14.2 Å². The van der Waals surface area contributed by atoms with Crippen molar-refractivity contribution < 1.29 is 23.5 Å². The van der Waals surface area contributed by atoms with Crippen LogP contribution in [-0.2, 0) is 4.79 Å². The summed E-state index contributed by atoms with van der Waals surface area (Å²) in [7, 11) is 3.03. The van der Waals surface area contributed by atoms with Gasteiger partial charge < -0.3 is 24.5 Å². The van der Waals surface area contributed by atoms with Gasteiger partial charge >= 0.3 is 0 Å². The molecule has 32 heavy (non-hydrogen) atoms. The molecule has 3 aromatic rings. The summed E-state index contributed by atoms with van der Waals surface area (Å²) >= 11 is 0. The minimum atomic E-state index is -0.730. The number of hydrogen-bond acceptors (Lipinski definition) is 5. The third-order valence-electron chi connectivity index (χ3n) is 5.48. The van der Waals surface area contributed by atoms with Crippen molar-refractivity contribution in [2.75, 3.05) is 14.2 Å². The Balaban J connectivity index is 1.77. The van der Waals surface area contributed by atoms with Crippen molar-refractivity contribution in [3.05, 3.63) is 59.4 Å². The number of hydrogen-bond donors (Lipinski definition) is 2. The quantitative estimate of drug-likeness (QED) is 0.544. The highest BCUT2D eigenvalue weighted by Gasteiger charge is 2.28. The van der Waals surface area contributed by atoms with Gasteiger partial charge in [0.25, 0.3) is 5.91 Å². The number of rotatable bonds is 8. The fraction of sp³-hybridized carbons (Fsp3) is 0.360. The number of furan rings is 1. The summed E-state index contributed by atoms with van der Waals surface area (Å²) in [6.45, 7) is 7.61. The Hall–Kier alpha value is -3.48. The highest BCUT2D eigenvalue weighted by molar-refractivity contribution is 5.98. The Kier molecular flexibility index (Phi) is 7.08. The zero-order valence-electron chi connectivity index (χ0n) is 19.3. The van der Waals surface area contributed by atoms with Crippen molar-refractivity contribution in [2.24, 2.45) is 5.92 Å². The maximum absolute atomic E-state index is 13.1. The second kappa shape index (κ2) is 9.77. The van der Waals surface area contributed by atoms with E-state index in [1.807, 2.05) is 52.0 Å². The van der Waals surface area contributed by atoms with Crippen molar-refractivity contribution in [1.82, 2.24) is 10.6 Å². The van der Waals surface area contributed by atoms with Crippen LogP contribution >= 0.6 is 0 Å². The minimum absolute atomic E-state index is 0.129. The number of aryl methyl sites for hydroxylation is 1. The van der Waals surface area contributed by atoms with Crippen molar-refractivity contribution in [3.63, 3.8) is 0 Å². The average Bonchev–Trinajstić information content (AvgIpc) is 3.13. The van der Waals surface area contributed by atoms with E-state index in [0.29, 0.717) is 22.8 Å². The summed E-state index contributed by atoms with van der Waals surface area (Å²) in [5, 5.41) is 6.84. The molecule has 0 fully saturated rings. The van der Waals surface area contributed by atoms with Crippen molar-refractivity contribution in [2.45, 2.75) is 39.8 Å². The van der Waals surface area contributed by atoms with Gasteiger partial charge in [0.15, 0.2) is 0 Å².